The third-order valence-electron chi connectivity index (χ3n) is 3.82. The summed E-state index contributed by atoms with van der Waals surface area (Å²) >= 11 is 6.08. The fourth-order valence-electron chi connectivity index (χ4n) is 2.56. The monoisotopic (exact) mass is 308 g/mol. The highest BCUT2D eigenvalue weighted by Gasteiger charge is 2.26. The molecule has 0 spiro atoms. The maximum Gasteiger partial charge on any atom is 0.155 e. The fourth-order valence-corrected chi connectivity index (χ4v) is 2.81. The summed E-state index contributed by atoms with van der Waals surface area (Å²) in [5.74, 6) is 1.47. The molecule has 0 aromatic carbocycles. The Morgan fingerprint density at radius 1 is 1.43 bits per heavy atom. The van der Waals surface area contributed by atoms with Crippen molar-refractivity contribution in [3.05, 3.63) is 24.2 Å². The van der Waals surface area contributed by atoms with Gasteiger partial charge in [0, 0.05) is 30.2 Å². The topological polar surface area (TPSA) is 42.7 Å². The summed E-state index contributed by atoms with van der Waals surface area (Å²) < 4.78 is 7.43. The van der Waals surface area contributed by atoms with Crippen LogP contribution in [-0.4, -0.2) is 46.3 Å². The second-order valence-electron chi connectivity index (χ2n) is 6.44. The van der Waals surface area contributed by atoms with Gasteiger partial charge in [0.25, 0.3) is 0 Å². The van der Waals surface area contributed by atoms with Crippen molar-refractivity contribution in [2.75, 3.05) is 30.5 Å². The summed E-state index contributed by atoms with van der Waals surface area (Å²) in [7, 11) is 0. The molecule has 3 rings (SSSR count). The highest BCUT2D eigenvalue weighted by molar-refractivity contribution is 6.18. The van der Waals surface area contributed by atoms with E-state index in [2.05, 4.69) is 41.8 Å². The molecule has 0 N–H and O–H groups in total. The maximum absolute atomic E-state index is 6.08. The Labute approximate surface area is 129 Å². The van der Waals surface area contributed by atoms with Crippen molar-refractivity contribution in [2.24, 2.45) is 0 Å². The van der Waals surface area contributed by atoms with E-state index in [-0.39, 0.29) is 11.5 Å². The molecule has 0 amide bonds. The van der Waals surface area contributed by atoms with Crippen molar-refractivity contribution in [1.82, 2.24) is 14.6 Å². The van der Waals surface area contributed by atoms with Crippen LogP contribution in [0.3, 0.4) is 0 Å². The predicted octanol–water partition coefficient (Wildman–Crippen LogP) is 2.47. The smallest absolute Gasteiger partial charge is 0.155 e. The van der Waals surface area contributed by atoms with Crippen molar-refractivity contribution in [3.63, 3.8) is 0 Å². The van der Waals surface area contributed by atoms with Gasteiger partial charge >= 0.3 is 0 Å². The third kappa shape index (κ3) is 2.72. The number of hydrogen-bond acceptors (Lipinski definition) is 4. The molecule has 1 fully saturated rings. The standard InChI is InChI=1S/C15H21ClN4O/c1-15(2,3)13-8-12-14(17-4-5-20(12)18-13)19-6-7-21-10-11(19)9-16/h4-5,8,11H,6-7,9-10H2,1-3H3. The minimum atomic E-state index is 0.0141. The van der Waals surface area contributed by atoms with Crippen LogP contribution >= 0.6 is 11.6 Å². The zero-order valence-corrected chi connectivity index (χ0v) is 13.5. The second kappa shape index (κ2) is 5.46. The van der Waals surface area contributed by atoms with Crippen LogP contribution in [0.2, 0.25) is 0 Å². The molecule has 21 heavy (non-hydrogen) atoms. The van der Waals surface area contributed by atoms with Gasteiger partial charge in [0.2, 0.25) is 0 Å². The number of alkyl halides is 1. The van der Waals surface area contributed by atoms with Crippen LogP contribution in [0.25, 0.3) is 5.52 Å². The van der Waals surface area contributed by atoms with Gasteiger partial charge in [0.1, 0.15) is 5.52 Å². The number of halogens is 1. The van der Waals surface area contributed by atoms with Gasteiger partial charge in [0.05, 0.1) is 24.9 Å². The molecule has 1 unspecified atom stereocenters. The first-order valence-electron chi connectivity index (χ1n) is 7.26. The molecular formula is C15H21ClN4O. The Kier molecular flexibility index (Phi) is 3.80. The van der Waals surface area contributed by atoms with E-state index in [1.165, 1.54) is 0 Å². The largest absolute Gasteiger partial charge is 0.377 e. The van der Waals surface area contributed by atoms with E-state index in [1.54, 1.807) is 6.20 Å². The number of ether oxygens (including phenoxy) is 1. The van der Waals surface area contributed by atoms with Crippen molar-refractivity contribution in [3.8, 4) is 0 Å². The molecule has 0 bridgehead atoms. The predicted molar refractivity (Wildman–Crippen MR) is 84.4 cm³/mol. The molecule has 1 aliphatic rings. The molecule has 2 aromatic heterocycles. The van der Waals surface area contributed by atoms with Gasteiger partial charge in [-0.3, -0.25) is 0 Å². The molecule has 2 aromatic rings. The van der Waals surface area contributed by atoms with Gasteiger partial charge in [-0.2, -0.15) is 5.10 Å². The number of morpholine rings is 1. The molecular weight excluding hydrogens is 288 g/mol. The molecule has 0 radical (unpaired) electrons. The zero-order chi connectivity index (χ0) is 15.0. The van der Waals surface area contributed by atoms with Gasteiger partial charge in [-0.25, -0.2) is 9.50 Å². The van der Waals surface area contributed by atoms with E-state index in [0.29, 0.717) is 19.1 Å². The molecule has 6 heteroatoms. The van der Waals surface area contributed by atoms with Crippen LogP contribution in [0.5, 0.6) is 0 Å². The lowest BCUT2D eigenvalue weighted by Gasteiger charge is -2.35. The summed E-state index contributed by atoms with van der Waals surface area (Å²) in [5.41, 5.74) is 2.10. The van der Waals surface area contributed by atoms with E-state index in [4.69, 9.17) is 16.3 Å². The fraction of sp³-hybridized carbons (Fsp3) is 0.600. The lowest BCUT2D eigenvalue weighted by molar-refractivity contribution is 0.0995. The average molecular weight is 309 g/mol. The first kappa shape index (κ1) is 14.6. The SMILES string of the molecule is CC(C)(C)c1cc2c(N3CCOCC3CCl)nccn2n1. The Balaban J connectivity index is 2.07. The highest BCUT2D eigenvalue weighted by atomic mass is 35.5. The average Bonchev–Trinajstić information content (AvgIpc) is 2.91. The molecule has 5 nitrogen and oxygen atoms in total. The molecule has 1 saturated heterocycles. The van der Waals surface area contributed by atoms with Crippen LogP contribution in [0, 0.1) is 0 Å². The lowest BCUT2D eigenvalue weighted by atomic mass is 9.92. The Hall–Kier alpha value is -1.33. The number of aromatic nitrogens is 3. The molecule has 114 valence electrons. The van der Waals surface area contributed by atoms with Crippen LogP contribution < -0.4 is 4.90 Å². The normalized spacial score (nSPS) is 20.2. The van der Waals surface area contributed by atoms with Crippen molar-refractivity contribution in [1.29, 1.82) is 0 Å². The van der Waals surface area contributed by atoms with Crippen molar-refractivity contribution >= 4 is 22.9 Å². The zero-order valence-electron chi connectivity index (χ0n) is 12.7. The Morgan fingerprint density at radius 3 is 2.95 bits per heavy atom. The lowest BCUT2D eigenvalue weighted by Crippen LogP contribution is -2.47. The molecule has 3 heterocycles. The number of hydrogen-bond donors (Lipinski definition) is 0. The van der Waals surface area contributed by atoms with Crippen LogP contribution in [0.1, 0.15) is 26.5 Å². The van der Waals surface area contributed by atoms with Crippen LogP contribution in [0.15, 0.2) is 18.5 Å². The van der Waals surface area contributed by atoms with E-state index < -0.39 is 0 Å². The minimum Gasteiger partial charge on any atom is -0.377 e. The molecule has 0 saturated carbocycles. The second-order valence-corrected chi connectivity index (χ2v) is 6.75. The summed E-state index contributed by atoms with van der Waals surface area (Å²) in [6.07, 6.45) is 3.69. The van der Waals surface area contributed by atoms with Gasteiger partial charge in [0.15, 0.2) is 5.82 Å². The van der Waals surface area contributed by atoms with E-state index in [0.717, 1.165) is 23.6 Å². The number of fused-ring (bicyclic) bond motifs is 1. The quantitative estimate of drug-likeness (QED) is 0.799. The van der Waals surface area contributed by atoms with E-state index in [9.17, 15) is 0 Å². The third-order valence-corrected chi connectivity index (χ3v) is 4.17. The van der Waals surface area contributed by atoms with E-state index >= 15 is 0 Å². The number of nitrogens with zero attached hydrogens (tertiary/aromatic N) is 4. The number of anilines is 1. The van der Waals surface area contributed by atoms with Gasteiger partial charge in [-0.15, -0.1) is 11.6 Å². The van der Waals surface area contributed by atoms with E-state index in [1.807, 2.05) is 10.7 Å². The summed E-state index contributed by atoms with van der Waals surface area (Å²) in [6.45, 7) is 8.65. The summed E-state index contributed by atoms with van der Waals surface area (Å²) in [6, 6.07) is 2.29. The van der Waals surface area contributed by atoms with Gasteiger partial charge < -0.3 is 9.64 Å². The Bertz CT molecular complexity index is 634. The van der Waals surface area contributed by atoms with Crippen molar-refractivity contribution < 1.29 is 4.74 Å². The maximum atomic E-state index is 6.08. The van der Waals surface area contributed by atoms with Gasteiger partial charge in [-0.1, -0.05) is 20.8 Å². The van der Waals surface area contributed by atoms with Crippen LogP contribution in [0.4, 0.5) is 5.82 Å². The summed E-state index contributed by atoms with van der Waals surface area (Å²) in [5, 5.41) is 4.68. The molecule has 0 aliphatic carbocycles. The minimum absolute atomic E-state index is 0.0141. The summed E-state index contributed by atoms with van der Waals surface area (Å²) in [4.78, 5) is 6.81. The first-order chi connectivity index (χ1) is 10.0. The highest BCUT2D eigenvalue weighted by Crippen LogP contribution is 2.28. The molecule has 1 aliphatic heterocycles. The molecule has 1 atom stereocenters. The van der Waals surface area contributed by atoms with Crippen LogP contribution in [-0.2, 0) is 10.2 Å². The van der Waals surface area contributed by atoms with Gasteiger partial charge in [-0.05, 0) is 6.07 Å². The number of rotatable bonds is 2. The van der Waals surface area contributed by atoms with Crippen molar-refractivity contribution in [2.45, 2.75) is 32.2 Å². The first-order valence-corrected chi connectivity index (χ1v) is 7.79. The Morgan fingerprint density at radius 2 is 2.24 bits per heavy atom.